The topological polar surface area (TPSA) is 38.8 Å². The zero-order valence-electron chi connectivity index (χ0n) is 16.3. The standard InChI is InChI=1S/C23H25NO3/c1-14(2)11-24-12-18-19(26-13-24)9-16(4)21-22(25)20(27-23(18)21)10-17-7-5-15(3)6-8-17/h5-10,14H,11-13H2,1-4H3/b20-10-. The first-order valence-electron chi connectivity index (χ1n) is 9.45. The lowest BCUT2D eigenvalue weighted by molar-refractivity contribution is 0.0831. The lowest BCUT2D eigenvalue weighted by Crippen LogP contribution is -2.35. The summed E-state index contributed by atoms with van der Waals surface area (Å²) < 4.78 is 12.1. The average molecular weight is 363 g/mol. The van der Waals surface area contributed by atoms with Crippen LogP contribution in [0.1, 0.15) is 46.5 Å². The van der Waals surface area contributed by atoms with Crippen LogP contribution in [0, 0.1) is 19.8 Å². The number of carbonyl (C=O) groups is 1. The molecule has 2 heterocycles. The van der Waals surface area contributed by atoms with Crippen molar-refractivity contribution in [3.05, 3.63) is 63.9 Å². The van der Waals surface area contributed by atoms with Crippen LogP contribution < -0.4 is 9.47 Å². The summed E-state index contributed by atoms with van der Waals surface area (Å²) in [4.78, 5) is 15.2. The molecular formula is C23H25NO3. The highest BCUT2D eigenvalue weighted by atomic mass is 16.5. The molecule has 2 aliphatic rings. The molecule has 4 rings (SSSR count). The number of hydrogen-bond donors (Lipinski definition) is 0. The van der Waals surface area contributed by atoms with Crippen molar-refractivity contribution >= 4 is 11.9 Å². The monoisotopic (exact) mass is 363 g/mol. The van der Waals surface area contributed by atoms with Gasteiger partial charge in [0.05, 0.1) is 11.1 Å². The second-order valence-corrected chi connectivity index (χ2v) is 7.90. The summed E-state index contributed by atoms with van der Waals surface area (Å²) in [7, 11) is 0. The minimum Gasteiger partial charge on any atom is -0.478 e. The van der Waals surface area contributed by atoms with E-state index in [0.29, 0.717) is 29.7 Å². The number of Topliss-reactive ketones (excluding diaryl/α,β-unsaturated/α-hetero) is 1. The van der Waals surface area contributed by atoms with Crippen LogP contribution in [0.5, 0.6) is 11.5 Å². The first-order chi connectivity index (χ1) is 12.9. The third-order valence-electron chi connectivity index (χ3n) is 4.99. The molecule has 2 aliphatic heterocycles. The van der Waals surface area contributed by atoms with Gasteiger partial charge in [-0.05, 0) is 43.0 Å². The van der Waals surface area contributed by atoms with Crippen LogP contribution in [0.4, 0.5) is 0 Å². The van der Waals surface area contributed by atoms with E-state index >= 15 is 0 Å². The molecule has 0 saturated heterocycles. The van der Waals surface area contributed by atoms with Crippen LogP contribution in [0.25, 0.3) is 6.08 Å². The molecule has 2 aromatic rings. The number of allylic oxidation sites excluding steroid dienone is 1. The molecule has 0 saturated carbocycles. The van der Waals surface area contributed by atoms with Gasteiger partial charge in [0.25, 0.3) is 0 Å². The van der Waals surface area contributed by atoms with Gasteiger partial charge >= 0.3 is 0 Å². The smallest absolute Gasteiger partial charge is 0.232 e. The molecule has 0 spiro atoms. The maximum Gasteiger partial charge on any atom is 0.232 e. The molecular weight excluding hydrogens is 338 g/mol. The summed E-state index contributed by atoms with van der Waals surface area (Å²) in [6, 6.07) is 10.0. The van der Waals surface area contributed by atoms with Gasteiger partial charge in [-0.1, -0.05) is 43.7 Å². The maximum absolute atomic E-state index is 13.0. The molecule has 0 radical (unpaired) electrons. The number of fused-ring (bicyclic) bond motifs is 3. The van der Waals surface area contributed by atoms with Crippen molar-refractivity contribution in [1.29, 1.82) is 0 Å². The Morgan fingerprint density at radius 1 is 1.19 bits per heavy atom. The molecule has 0 atom stereocenters. The fraction of sp³-hybridized carbons (Fsp3) is 0.348. The van der Waals surface area contributed by atoms with Crippen molar-refractivity contribution in [1.82, 2.24) is 4.90 Å². The number of hydrogen-bond acceptors (Lipinski definition) is 4. The fourth-order valence-corrected chi connectivity index (χ4v) is 3.72. The minimum atomic E-state index is -0.0492. The van der Waals surface area contributed by atoms with E-state index in [1.165, 1.54) is 5.56 Å². The molecule has 2 aromatic carbocycles. The minimum absolute atomic E-state index is 0.0492. The predicted octanol–water partition coefficient (Wildman–Crippen LogP) is 4.73. The predicted molar refractivity (Wildman–Crippen MR) is 106 cm³/mol. The Bertz CT molecular complexity index is 926. The highest BCUT2D eigenvalue weighted by Gasteiger charge is 2.35. The molecule has 27 heavy (non-hydrogen) atoms. The third kappa shape index (κ3) is 3.37. The van der Waals surface area contributed by atoms with E-state index in [9.17, 15) is 4.79 Å². The quantitative estimate of drug-likeness (QED) is 0.739. The lowest BCUT2D eigenvalue weighted by atomic mass is 9.98. The van der Waals surface area contributed by atoms with Crippen LogP contribution in [0.15, 0.2) is 36.1 Å². The van der Waals surface area contributed by atoms with E-state index in [-0.39, 0.29) is 5.78 Å². The van der Waals surface area contributed by atoms with Crippen LogP contribution in [0.2, 0.25) is 0 Å². The number of benzene rings is 2. The summed E-state index contributed by atoms with van der Waals surface area (Å²) in [6.45, 7) is 10.6. The number of aryl methyl sites for hydroxylation is 2. The number of carbonyl (C=O) groups excluding carboxylic acids is 1. The number of ether oxygens (including phenoxy) is 2. The van der Waals surface area contributed by atoms with Crippen LogP contribution in [-0.2, 0) is 6.54 Å². The van der Waals surface area contributed by atoms with Gasteiger partial charge in [0.2, 0.25) is 5.78 Å². The fourth-order valence-electron chi connectivity index (χ4n) is 3.72. The molecule has 0 fully saturated rings. The number of rotatable bonds is 3. The second kappa shape index (κ2) is 6.86. The molecule has 0 amide bonds. The Kier molecular flexibility index (Phi) is 4.52. The summed E-state index contributed by atoms with van der Waals surface area (Å²) >= 11 is 0. The number of ketones is 1. The molecule has 4 heteroatoms. The Morgan fingerprint density at radius 3 is 2.63 bits per heavy atom. The molecule has 140 valence electrons. The summed E-state index contributed by atoms with van der Waals surface area (Å²) in [5.41, 5.74) is 4.69. The lowest BCUT2D eigenvalue weighted by Gasteiger charge is -2.31. The molecule has 0 unspecified atom stereocenters. The SMILES string of the molecule is Cc1ccc(/C=C2\Oc3c4c(cc(C)c3C2=O)OCN(CC(C)C)C4)cc1. The Hall–Kier alpha value is -2.59. The molecule has 0 bridgehead atoms. The van der Waals surface area contributed by atoms with E-state index in [1.807, 2.05) is 50.3 Å². The normalized spacial score (nSPS) is 17.7. The van der Waals surface area contributed by atoms with Gasteiger partial charge < -0.3 is 9.47 Å². The van der Waals surface area contributed by atoms with Gasteiger partial charge in [0, 0.05) is 13.1 Å². The van der Waals surface area contributed by atoms with Gasteiger partial charge in [-0.25, -0.2) is 0 Å². The highest BCUT2D eigenvalue weighted by Crippen LogP contribution is 2.44. The first-order valence-corrected chi connectivity index (χ1v) is 9.45. The maximum atomic E-state index is 13.0. The second-order valence-electron chi connectivity index (χ2n) is 7.90. The molecule has 0 aliphatic carbocycles. The highest BCUT2D eigenvalue weighted by molar-refractivity contribution is 6.15. The Morgan fingerprint density at radius 2 is 1.93 bits per heavy atom. The average Bonchev–Trinajstić information content (AvgIpc) is 2.94. The first kappa shape index (κ1) is 17.8. The van der Waals surface area contributed by atoms with Crippen LogP contribution >= 0.6 is 0 Å². The summed E-state index contributed by atoms with van der Waals surface area (Å²) in [5.74, 6) is 2.38. The van der Waals surface area contributed by atoms with E-state index < -0.39 is 0 Å². The molecule has 0 aromatic heterocycles. The zero-order chi connectivity index (χ0) is 19.1. The van der Waals surface area contributed by atoms with Crippen molar-refractivity contribution in [2.45, 2.75) is 34.2 Å². The van der Waals surface area contributed by atoms with Gasteiger partial charge in [0.1, 0.15) is 18.2 Å². The molecule has 0 N–H and O–H groups in total. The van der Waals surface area contributed by atoms with E-state index in [1.54, 1.807) is 0 Å². The van der Waals surface area contributed by atoms with Gasteiger partial charge in [0.15, 0.2) is 5.76 Å². The van der Waals surface area contributed by atoms with Gasteiger partial charge in [-0.15, -0.1) is 0 Å². The van der Waals surface area contributed by atoms with Crippen molar-refractivity contribution in [3.8, 4) is 11.5 Å². The third-order valence-corrected chi connectivity index (χ3v) is 4.99. The van der Waals surface area contributed by atoms with Crippen LogP contribution in [-0.4, -0.2) is 24.0 Å². The van der Waals surface area contributed by atoms with Gasteiger partial charge in [-0.2, -0.15) is 0 Å². The van der Waals surface area contributed by atoms with Gasteiger partial charge in [-0.3, -0.25) is 9.69 Å². The Balaban J connectivity index is 1.70. The van der Waals surface area contributed by atoms with E-state index in [2.05, 4.69) is 18.7 Å². The Labute approximate surface area is 160 Å². The van der Waals surface area contributed by atoms with E-state index in [4.69, 9.17) is 9.47 Å². The van der Waals surface area contributed by atoms with Crippen molar-refractivity contribution in [2.75, 3.05) is 13.3 Å². The van der Waals surface area contributed by atoms with Crippen molar-refractivity contribution < 1.29 is 14.3 Å². The van der Waals surface area contributed by atoms with E-state index in [0.717, 1.165) is 35.5 Å². The molecule has 4 nitrogen and oxygen atoms in total. The zero-order valence-corrected chi connectivity index (χ0v) is 16.3. The van der Waals surface area contributed by atoms with Crippen LogP contribution in [0.3, 0.4) is 0 Å². The summed E-state index contributed by atoms with van der Waals surface area (Å²) in [5, 5.41) is 0. The largest absolute Gasteiger partial charge is 0.478 e. The van der Waals surface area contributed by atoms with Crippen molar-refractivity contribution in [3.63, 3.8) is 0 Å². The summed E-state index contributed by atoms with van der Waals surface area (Å²) in [6.07, 6.45) is 1.82. The van der Waals surface area contributed by atoms with Crippen molar-refractivity contribution in [2.24, 2.45) is 5.92 Å². The number of nitrogens with zero attached hydrogens (tertiary/aromatic N) is 1.